The Kier molecular flexibility index (Phi) is 3.20. The van der Waals surface area contributed by atoms with E-state index in [1.165, 1.54) is 24.4 Å². The van der Waals surface area contributed by atoms with E-state index in [1.807, 2.05) is 0 Å². The zero-order valence-electron chi connectivity index (χ0n) is 9.36. The molecular formula is C12H8F3NO3. The summed E-state index contributed by atoms with van der Waals surface area (Å²) in [7, 11) is 0. The van der Waals surface area contributed by atoms with Crippen molar-refractivity contribution in [2.75, 3.05) is 0 Å². The van der Waals surface area contributed by atoms with E-state index in [-0.39, 0.29) is 11.4 Å². The number of H-pyrrole nitrogens is 1. The Morgan fingerprint density at radius 3 is 2.32 bits per heavy atom. The average molecular weight is 271 g/mol. The van der Waals surface area contributed by atoms with Crippen molar-refractivity contribution in [3.8, 4) is 16.9 Å². The van der Waals surface area contributed by atoms with Crippen molar-refractivity contribution in [3.05, 3.63) is 42.2 Å². The summed E-state index contributed by atoms with van der Waals surface area (Å²) in [6, 6.07) is 6.50. The minimum absolute atomic E-state index is 0.0236. The Bertz CT molecular complexity index is 587. The molecule has 0 radical (unpaired) electrons. The first-order chi connectivity index (χ1) is 8.87. The Labute approximate surface area is 105 Å². The number of hydrogen-bond donors (Lipinski definition) is 2. The van der Waals surface area contributed by atoms with Gasteiger partial charge in [-0.3, -0.25) is 0 Å². The van der Waals surface area contributed by atoms with E-state index in [0.717, 1.165) is 12.1 Å². The van der Waals surface area contributed by atoms with Crippen molar-refractivity contribution in [1.82, 2.24) is 4.98 Å². The van der Waals surface area contributed by atoms with Crippen LogP contribution in [0.4, 0.5) is 13.2 Å². The Morgan fingerprint density at radius 2 is 1.79 bits per heavy atom. The fourth-order valence-electron chi connectivity index (χ4n) is 1.62. The van der Waals surface area contributed by atoms with Gasteiger partial charge in [0, 0.05) is 11.8 Å². The molecule has 0 amide bonds. The lowest BCUT2D eigenvalue weighted by Crippen LogP contribution is -2.16. The molecule has 0 aliphatic heterocycles. The number of aromatic nitrogens is 1. The zero-order chi connectivity index (χ0) is 14.0. The molecule has 4 nitrogen and oxygen atoms in total. The average Bonchev–Trinajstić information content (AvgIpc) is 2.76. The fourth-order valence-corrected chi connectivity index (χ4v) is 1.62. The van der Waals surface area contributed by atoms with Gasteiger partial charge < -0.3 is 14.8 Å². The van der Waals surface area contributed by atoms with Crippen molar-refractivity contribution in [2.24, 2.45) is 0 Å². The fraction of sp³-hybridized carbons (Fsp3) is 0.0833. The number of nitrogens with one attached hydrogen (secondary N) is 1. The lowest BCUT2D eigenvalue weighted by Gasteiger charge is -2.09. The maximum atomic E-state index is 12.0. The number of aromatic amines is 1. The summed E-state index contributed by atoms with van der Waals surface area (Å²) in [5.74, 6) is -1.50. The van der Waals surface area contributed by atoms with E-state index in [9.17, 15) is 18.0 Å². The molecule has 1 aromatic heterocycles. The largest absolute Gasteiger partial charge is 0.573 e. The van der Waals surface area contributed by atoms with Crippen LogP contribution in [0.2, 0.25) is 0 Å². The standard InChI is InChI=1S/C12H8F3NO3/c13-12(14,15)19-8-3-1-7(2-4-8)9-5-6-16-10(9)11(17)18/h1-6,16H,(H,17,18). The van der Waals surface area contributed by atoms with E-state index in [4.69, 9.17) is 5.11 Å². The van der Waals surface area contributed by atoms with Gasteiger partial charge in [-0.1, -0.05) is 12.1 Å². The van der Waals surface area contributed by atoms with Crippen LogP contribution >= 0.6 is 0 Å². The first-order valence-corrected chi connectivity index (χ1v) is 5.13. The van der Waals surface area contributed by atoms with Gasteiger partial charge in [0.15, 0.2) is 0 Å². The zero-order valence-corrected chi connectivity index (χ0v) is 9.36. The molecular weight excluding hydrogens is 263 g/mol. The highest BCUT2D eigenvalue weighted by Gasteiger charge is 2.31. The third-order valence-corrected chi connectivity index (χ3v) is 2.36. The third-order valence-electron chi connectivity index (χ3n) is 2.36. The van der Waals surface area contributed by atoms with Gasteiger partial charge in [-0.2, -0.15) is 0 Å². The molecule has 0 saturated carbocycles. The highest BCUT2D eigenvalue weighted by atomic mass is 19.4. The summed E-state index contributed by atoms with van der Waals surface area (Å²) in [5, 5.41) is 8.92. The van der Waals surface area contributed by atoms with E-state index < -0.39 is 12.3 Å². The first kappa shape index (κ1) is 13.0. The Morgan fingerprint density at radius 1 is 1.16 bits per heavy atom. The number of halogens is 3. The number of rotatable bonds is 3. The van der Waals surface area contributed by atoms with Crippen LogP contribution in [0, 0.1) is 0 Å². The minimum Gasteiger partial charge on any atom is -0.477 e. The SMILES string of the molecule is O=C(O)c1[nH]ccc1-c1ccc(OC(F)(F)F)cc1. The van der Waals surface area contributed by atoms with Crippen LogP contribution in [0.3, 0.4) is 0 Å². The Balaban J connectivity index is 2.28. The summed E-state index contributed by atoms with van der Waals surface area (Å²) in [5.41, 5.74) is 0.851. The maximum absolute atomic E-state index is 12.0. The summed E-state index contributed by atoms with van der Waals surface area (Å²) in [6.07, 6.45) is -3.30. The van der Waals surface area contributed by atoms with Gasteiger partial charge in [0.2, 0.25) is 0 Å². The highest BCUT2D eigenvalue weighted by Crippen LogP contribution is 2.28. The van der Waals surface area contributed by atoms with E-state index >= 15 is 0 Å². The molecule has 7 heteroatoms. The molecule has 0 unspecified atom stereocenters. The molecule has 0 aliphatic carbocycles. The minimum atomic E-state index is -4.75. The summed E-state index contributed by atoms with van der Waals surface area (Å²) >= 11 is 0. The highest BCUT2D eigenvalue weighted by molar-refractivity contribution is 5.94. The molecule has 0 saturated heterocycles. The summed E-state index contributed by atoms with van der Waals surface area (Å²) in [4.78, 5) is 13.5. The smallest absolute Gasteiger partial charge is 0.477 e. The number of aromatic carboxylic acids is 1. The van der Waals surface area contributed by atoms with Gasteiger partial charge in [0.05, 0.1) is 0 Å². The van der Waals surface area contributed by atoms with E-state index in [2.05, 4.69) is 9.72 Å². The molecule has 0 bridgehead atoms. The van der Waals surface area contributed by atoms with Crippen molar-refractivity contribution < 1.29 is 27.8 Å². The molecule has 2 N–H and O–H groups in total. The predicted molar refractivity (Wildman–Crippen MR) is 59.9 cm³/mol. The molecule has 1 aromatic carbocycles. The first-order valence-electron chi connectivity index (χ1n) is 5.13. The van der Waals surface area contributed by atoms with Crippen LogP contribution in [0.25, 0.3) is 11.1 Å². The quantitative estimate of drug-likeness (QED) is 0.900. The number of carbonyl (C=O) groups is 1. The predicted octanol–water partition coefficient (Wildman–Crippen LogP) is 3.28. The summed E-state index contributed by atoms with van der Waals surface area (Å²) in [6.45, 7) is 0. The second-order valence-corrected chi connectivity index (χ2v) is 3.64. The maximum Gasteiger partial charge on any atom is 0.573 e. The topological polar surface area (TPSA) is 62.3 Å². The number of ether oxygens (including phenoxy) is 1. The van der Waals surface area contributed by atoms with E-state index in [1.54, 1.807) is 0 Å². The number of benzene rings is 1. The van der Waals surface area contributed by atoms with Gasteiger partial charge in [-0.05, 0) is 23.8 Å². The number of hydrogen-bond acceptors (Lipinski definition) is 2. The van der Waals surface area contributed by atoms with Crippen LogP contribution in [0.1, 0.15) is 10.5 Å². The van der Waals surface area contributed by atoms with Gasteiger partial charge >= 0.3 is 12.3 Å². The van der Waals surface area contributed by atoms with Crippen LogP contribution in [-0.2, 0) is 0 Å². The van der Waals surface area contributed by atoms with Crippen LogP contribution in [0.5, 0.6) is 5.75 Å². The molecule has 100 valence electrons. The van der Waals surface area contributed by atoms with Crippen LogP contribution in [0.15, 0.2) is 36.5 Å². The van der Waals surface area contributed by atoms with Gasteiger partial charge in [-0.15, -0.1) is 13.2 Å². The lowest BCUT2D eigenvalue weighted by molar-refractivity contribution is -0.274. The number of carboxylic acids is 1. The molecule has 0 aliphatic rings. The van der Waals surface area contributed by atoms with Crippen LogP contribution < -0.4 is 4.74 Å². The monoisotopic (exact) mass is 271 g/mol. The number of carboxylic acid groups (broad SMARTS) is 1. The second kappa shape index (κ2) is 4.68. The van der Waals surface area contributed by atoms with Crippen molar-refractivity contribution in [1.29, 1.82) is 0 Å². The molecule has 0 fully saturated rings. The van der Waals surface area contributed by atoms with Crippen molar-refractivity contribution in [3.63, 3.8) is 0 Å². The van der Waals surface area contributed by atoms with E-state index in [0.29, 0.717) is 11.1 Å². The van der Waals surface area contributed by atoms with Crippen molar-refractivity contribution >= 4 is 5.97 Å². The molecule has 19 heavy (non-hydrogen) atoms. The third kappa shape index (κ3) is 3.06. The second-order valence-electron chi connectivity index (χ2n) is 3.64. The normalized spacial score (nSPS) is 11.3. The summed E-state index contributed by atoms with van der Waals surface area (Å²) < 4.78 is 39.7. The van der Waals surface area contributed by atoms with Crippen molar-refractivity contribution in [2.45, 2.75) is 6.36 Å². The molecule has 2 rings (SSSR count). The van der Waals surface area contributed by atoms with Gasteiger partial charge in [0.25, 0.3) is 0 Å². The number of alkyl halides is 3. The molecule has 2 aromatic rings. The molecule has 0 atom stereocenters. The molecule has 0 spiro atoms. The molecule has 1 heterocycles. The van der Waals surface area contributed by atoms with Crippen LogP contribution in [-0.4, -0.2) is 22.4 Å². The van der Waals surface area contributed by atoms with Gasteiger partial charge in [0.1, 0.15) is 11.4 Å². The van der Waals surface area contributed by atoms with Gasteiger partial charge in [-0.25, -0.2) is 4.79 Å². The Hall–Kier alpha value is -2.44. The lowest BCUT2D eigenvalue weighted by atomic mass is 10.1.